The van der Waals surface area contributed by atoms with Crippen LogP contribution in [0.3, 0.4) is 0 Å². The van der Waals surface area contributed by atoms with E-state index in [1.807, 2.05) is 60.7 Å². The fourth-order valence-corrected chi connectivity index (χ4v) is 11.7. The molecule has 0 saturated heterocycles. The highest BCUT2D eigenvalue weighted by Crippen LogP contribution is 2.47. The Bertz CT molecular complexity index is 4260. The Morgan fingerprint density at radius 2 is 0.600 bits per heavy atom. The molecule has 378 valence electrons. The van der Waals surface area contributed by atoms with Crippen LogP contribution in [0.1, 0.15) is 43.0 Å². The first-order valence-corrected chi connectivity index (χ1v) is 27.1. The van der Waals surface area contributed by atoms with Gasteiger partial charge in [0.1, 0.15) is 0 Å². The van der Waals surface area contributed by atoms with Gasteiger partial charge in [-0.15, -0.1) is 0 Å². The van der Waals surface area contributed by atoms with E-state index in [2.05, 4.69) is 219 Å². The van der Waals surface area contributed by atoms with Gasteiger partial charge in [-0.25, -0.2) is 4.90 Å². The normalized spacial score (nSPS) is 14.8. The summed E-state index contributed by atoms with van der Waals surface area (Å²) in [5, 5.41) is 0. The van der Waals surface area contributed by atoms with Crippen molar-refractivity contribution in [2.75, 3.05) is 9.80 Å². The largest absolute Gasteiger partial charge is 0.311 e. The quantitative estimate of drug-likeness (QED) is 0.142. The molecule has 0 radical (unpaired) electrons. The van der Waals surface area contributed by atoms with Gasteiger partial charge < -0.3 is 9.80 Å². The third-order valence-corrected chi connectivity index (χ3v) is 15.7. The Morgan fingerprint density at radius 1 is 0.287 bits per heavy atom. The van der Waals surface area contributed by atoms with Crippen LogP contribution < -0.4 is 26.2 Å². The predicted molar refractivity (Wildman–Crippen MR) is 332 cm³/mol. The van der Waals surface area contributed by atoms with Gasteiger partial charge in [-0.2, -0.15) is 30.0 Å². The standard InChI is InChI=1S/C70H50BN9/c1-70(2,3)54-43-61-63-62(44-54)79(56-37-31-51(32-38-56)66-76-68-74-64(49-25-15-7-16-26-49)72-67-73-65(50-27-17-8-18-28-50)75-69(77-66)80(67)68)60-40-34-53(47-23-13-6-14-24-47)42-58(60)71(63)57-41-52(46-21-11-5-12-22-46)33-39-59(57)78(61)55-35-29-48(30-36-55)45-19-9-4-10-20-45/h4-44H,1-3H3. The number of anilines is 6. The van der Waals surface area contributed by atoms with Crippen molar-refractivity contribution in [2.24, 2.45) is 30.0 Å². The summed E-state index contributed by atoms with van der Waals surface area (Å²) in [5.74, 6) is 2.76. The molecule has 10 heteroatoms. The van der Waals surface area contributed by atoms with E-state index >= 15 is 0 Å². The molecule has 0 fully saturated rings. The lowest BCUT2D eigenvalue weighted by atomic mass is 9.33. The van der Waals surface area contributed by atoms with Crippen LogP contribution in [0, 0.1) is 0 Å². The van der Waals surface area contributed by atoms with Crippen LogP contribution in [-0.4, -0.2) is 47.0 Å². The van der Waals surface area contributed by atoms with Crippen molar-refractivity contribution in [1.29, 1.82) is 0 Å². The minimum atomic E-state index is -0.195. The molecule has 9 nitrogen and oxygen atoms in total. The molecular weight excluding hydrogens is 978 g/mol. The van der Waals surface area contributed by atoms with Gasteiger partial charge in [-0.1, -0.05) is 209 Å². The van der Waals surface area contributed by atoms with E-state index in [1.54, 1.807) is 4.90 Å². The Balaban J connectivity index is 0.923. The fourth-order valence-electron chi connectivity index (χ4n) is 11.7. The maximum absolute atomic E-state index is 5.13. The molecule has 10 aromatic carbocycles. The van der Waals surface area contributed by atoms with Crippen LogP contribution in [0.2, 0.25) is 0 Å². The maximum Gasteiger partial charge on any atom is 0.252 e. The summed E-state index contributed by atoms with van der Waals surface area (Å²) < 4.78 is 0. The second-order valence-electron chi connectivity index (χ2n) is 21.6. The highest BCUT2D eigenvalue weighted by atomic mass is 15.5. The topological polar surface area (TPSA) is 83.9 Å². The molecule has 0 saturated carbocycles. The zero-order chi connectivity index (χ0) is 53.5. The average molecular weight is 1030 g/mol. The van der Waals surface area contributed by atoms with Crippen LogP contribution in [0.4, 0.5) is 34.1 Å². The highest BCUT2D eigenvalue weighted by molar-refractivity contribution is 7.00. The molecule has 0 amide bonds. The molecule has 0 atom stereocenters. The number of nitrogens with zero attached hydrogens (tertiary/aromatic N) is 9. The molecular formula is C70H50BN9. The molecule has 0 N–H and O–H groups in total. The molecule has 5 aliphatic heterocycles. The molecule has 5 aliphatic rings. The van der Waals surface area contributed by atoms with Gasteiger partial charge in [0.15, 0.2) is 17.5 Å². The Hall–Kier alpha value is -10.3. The Morgan fingerprint density at radius 3 is 0.975 bits per heavy atom. The molecule has 0 spiro atoms. The minimum absolute atomic E-state index is 0.108. The summed E-state index contributed by atoms with van der Waals surface area (Å²) in [6, 6.07) is 88.8. The average Bonchev–Trinajstić information content (AvgIpc) is 3.36. The van der Waals surface area contributed by atoms with Crippen molar-refractivity contribution in [2.45, 2.75) is 26.2 Å². The predicted octanol–water partition coefficient (Wildman–Crippen LogP) is 14.1. The van der Waals surface area contributed by atoms with E-state index in [9.17, 15) is 0 Å². The molecule has 10 aromatic rings. The Kier molecular flexibility index (Phi) is 11.0. The van der Waals surface area contributed by atoms with Crippen LogP contribution in [0.25, 0.3) is 33.4 Å². The monoisotopic (exact) mass is 1030 g/mol. The molecule has 0 bridgehead atoms. The number of aliphatic imine (C=N–C) groups is 6. The van der Waals surface area contributed by atoms with Crippen molar-refractivity contribution >= 4 is 92.6 Å². The third kappa shape index (κ3) is 8.02. The zero-order valence-corrected chi connectivity index (χ0v) is 44.3. The lowest BCUT2D eigenvalue weighted by molar-refractivity contribution is 0.590. The molecule has 0 unspecified atom stereocenters. The fraction of sp³-hybridized carbons (Fsp3) is 0.0571. The lowest BCUT2D eigenvalue weighted by Crippen LogP contribution is -2.61. The van der Waals surface area contributed by atoms with Crippen LogP contribution in [0.15, 0.2) is 279 Å². The van der Waals surface area contributed by atoms with Crippen molar-refractivity contribution in [3.63, 3.8) is 0 Å². The Labute approximate surface area is 465 Å². The molecule has 0 aromatic heterocycles. The van der Waals surface area contributed by atoms with Gasteiger partial charge in [0.25, 0.3) is 6.71 Å². The van der Waals surface area contributed by atoms with Crippen LogP contribution in [0.5, 0.6) is 0 Å². The van der Waals surface area contributed by atoms with Gasteiger partial charge >= 0.3 is 0 Å². The maximum atomic E-state index is 5.13. The summed E-state index contributed by atoms with van der Waals surface area (Å²) >= 11 is 0. The number of fused-ring (bicyclic) bond motifs is 4. The molecule has 0 aliphatic carbocycles. The van der Waals surface area contributed by atoms with E-state index in [4.69, 9.17) is 30.0 Å². The van der Waals surface area contributed by atoms with E-state index in [1.165, 1.54) is 55.3 Å². The van der Waals surface area contributed by atoms with E-state index in [0.717, 1.165) is 50.8 Å². The lowest BCUT2D eigenvalue weighted by Gasteiger charge is -2.45. The van der Waals surface area contributed by atoms with Crippen molar-refractivity contribution in [3.05, 3.63) is 271 Å². The summed E-state index contributed by atoms with van der Waals surface area (Å²) in [6.45, 7) is 6.84. The van der Waals surface area contributed by atoms with Crippen molar-refractivity contribution in [1.82, 2.24) is 4.90 Å². The van der Waals surface area contributed by atoms with E-state index in [-0.39, 0.29) is 12.1 Å². The first-order chi connectivity index (χ1) is 39.3. The van der Waals surface area contributed by atoms with Gasteiger partial charge in [-0.3, -0.25) is 0 Å². The van der Waals surface area contributed by atoms with Gasteiger partial charge in [-0.05, 0) is 121 Å². The zero-order valence-electron chi connectivity index (χ0n) is 44.3. The minimum Gasteiger partial charge on any atom is -0.311 e. The smallest absolute Gasteiger partial charge is 0.252 e. The number of rotatable bonds is 8. The molecule has 80 heavy (non-hydrogen) atoms. The molecule has 15 rings (SSSR count). The number of hydrogen-bond donors (Lipinski definition) is 0. The summed E-state index contributed by atoms with van der Waals surface area (Å²) in [7, 11) is 0. The van der Waals surface area contributed by atoms with Gasteiger partial charge in [0.2, 0.25) is 17.9 Å². The summed E-state index contributed by atoms with van der Waals surface area (Å²) in [6.07, 6.45) is 0. The number of hydrogen-bond acceptors (Lipinski definition) is 9. The first kappa shape index (κ1) is 46.9. The highest BCUT2D eigenvalue weighted by Gasteiger charge is 2.45. The third-order valence-electron chi connectivity index (χ3n) is 15.7. The van der Waals surface area contributed by atoms with Gasteiger partial charge in [0.05, 0.1) is 0 Å². The number of benzene rings is 10. The SMILES string of the molecule is CC(C)(C)c1cc2c3c(c1)N(c1ccc(-c4ccccc4)cc1)c1ccc(-c4ccccc4)cc1B3c1cc(-c3ccccc3)ccc1N2c1ccc(C2=NC3=NC(c4ccccc4)=NC4=NC(c5ccccc5)=NC(=N2)N43)cc1. The van der Waals surface area contributed by atoms with Crippen molar-refractivity contribution < 1.29 is 0 Å². The van der Waals surface area contributed by atoms with E-state index < -0.39 is 0 Å². The van der Waals surface area contributed by atoms with Crippen molar-refractivity contribution in [3.8, 4) is 33.4 Å². The van der Waals surface area contributed by atoms with Crippen LogP contribution in [-0.2, 0) is 5.41 Å². The molecule has 5 heterocycles. The summed E-state index contributed by atoms with van der Waals surface area (Å²) in [5.41, 5.74) is 21.1. The van der Waals surface area contributed by atoms with Crippen LogP contribution >= 0.6 is 0 Å². The van der Waals surface area contributed by atoms with Gasteiger partial charge in [0, 0.05) is 50.8 Å². The second-order valence-corrected chi connectivity index (χ2v) is 21.6. The number of guanidine groups is 3. The summed E-state index contributed by atoms with van der Waals surface area (Å²) in [4.78, 5) is 36.8. The second kappa shape index (κ2) is 18.7. The first-order valence-electron chi connectivity index (χ1n) is 27.1. The van der Waals surface area contributed by atoms with E-state index in [0.29, 0.717) is 35.4 Å². The number of amidine groups is 3.